The summed E-state index contributed by atoms with van der Waals surface area (Å²) in [5, 5.41) is 0. The minimum absolute atomic E-state index is 0.00273. The van der Waals surface area contributed by atoms with Gasteiger partial charge in [-0.15, -0.1) is 0 Å². The minimum Gasteiger partial charge on any atom is -0.399 e. The number of carbonyl (C=O) groups excluding carboxylic acids is 2. The van der Waals surface area contributed by atoms with Gasteiger partial charge in [0.25, 0.3) is 0 Å². The molecule has 4 nitrogen and oxygen atoms in total. The monoisotopic (exact) mass is 274 g/mol. The second kappa shape index (κ2) is 5.65. The predicted molar refractivity (Wildman–Crippen MR) is 78.9 cm³/mol. The molecule has 0 radical (unpaired) electrons. The second-order valence-electron chi connectivity index (χ2n) is 5.51. The van der Waals surface area contributed by atoms with Crippen molar-refractivity contribution in [2.24, 2.45) is 5.41 Å². The highest BCUT2D eigenvalue weighted by atomic mass is 16.2. The molecule has 2 amide bonds. The fourth-order valence-corrected chi connectivity index (χ4v) is 2.81. The number of likely N-dealkylation sites (tertiary alicyclic amines) is 1. The average molecular weight is 274 g/mol. The van der Waals surface area contributed by atoms with Crippen LogP contribution in [-0.2, 0) is 16.0 Å². The van der Waals surface area contributed by atoms with Gasteiger partial charge < -0.3 is 5.73 Å². The summed E-state index contributed by atoms with van der Waals surface area (Å²) in [6, 6.07) is 7.55. The maximum Gasteiger partial charge on any atom is 0.235 e. The van der Waals surface area contributed by atoms with Crippen LogP contribution in [0.3, 0.4) is 0 Å². The molecule has 1 heterocycles. The summed E-state index contributed by atoms with van der Waals surface area (Å²) < 4.78 is 0. The Morgan fingerprint density at radius 1 is 1.15 bits per heavy atom. The van der Waals surface area contributed by atoms with Crippen molar-refractivity contribution < 1.29 is 9.59 Å². The van der Waals surface area contributed by atoms with Crippen molar-refractivity contribution in [3.63, 3.8) is 0 Å². The molecule has 20 heavy (non-hydrogen) atoms. The average Bonchev–Trinajstić information content (AvgIpc) is 2.70. The van der Waals surface area contributed by atoms with Crippen molar-refractivity contribution in [3.8, 4) is 0 Å². The minimum atomic E-state index is -0.460. The van der Waals surface area contributed by atoms with E-state index in [9.17, 15) is 9.59 Å². The Morgan fingerprint density at radius 2 is 1.75 bits per heavy atom. The summed E-state index contributed by atoms with van der Waals surface area (Å²) in [5.74, 6) is -0.0305. The molecule has 2 rings (SSSR count). The molecule has 0 bridgehead atoms. The van der Waals surface area contributed by atoms with Crippen LogP contribution in [0.2, 0.25) is 0 Å². The highest BCUT2D eigenvalue weighted by Crippen LogP contribution is 2.39. The number of anilines is 1. The van der Waals surface area contributed by atoms with Crippen LogP contribution in [-0.4, -0.2) is 23.3 Å². The molecule has 108 valence electrons. The summed E-state index contributed by atoms with van der Waals surface area (Å²) >= 11 is 0. The van der Waals surface area contributed by atoms with Gasteiger partial charge in [-0.25, -0.2) is 0 Å². The van der Waals surface area contributed by atoms with E-state index in [-0.39, 0.29) is 11.8 Å². The normalized spacial score (nSPS) is 17.8. The Labute approximate surface area is 119 Å². The van der Waals surface area contributed by atoms with Gasteiger partial charge >= 0.3 is 0 Å². The second-order valence-corrected chi connectivity index (χ2v) is 5.51. The number of imide groups is 1. The lowest BCUT2D eigenvalue weighted by Crippen LogP contribution is -2.36. The first-order valence-corrected chi connectivity index (χ1v) is 7.21. The van der Waals surface area contributed by atoms with Crippen molar-refractivity contribution >= 4 is 17.5 Å². The number of rotatable bonds is 5. The molecule has 0 aromatic heterocycles. The van der Waals surface area contributed by atoms with Gasteiger partial charge in [-0.2, -0.15) is 0 Å². The van der Waals surface area contributed by atoms with Crippen molar-refractivity contribution in [1.29, 1.82) is 0 Å². The number of hydrogen-bond donors (Lipinski definition) is 1. The lowest BCUT2D eigenvalue weighted by molar-refractivity contribution is -0.141. The Bertz CT molecular complexity index is 504. The smallest absolute Gasteiger partial charge is 0.235 e. The predicted octanol–water partition coefficient (Wildman–Crippen LogP) is 2.38. The number of amides is 2. The maximum atomic E-state index is 12.5. The number of benzene rings is 1. The van der Waals surface area contributed by atoms with Crippen LogP contribution >= 0.6 is 0 Å². The van der Waals surface area contributed by atoms with Gasteiger partial charge in [-0.05, 0) is 37.0 Å². The molecule has 0 spiro atoms. The van der Waals surface area contributed by atoms with Gasteiger partial charge in [-0.1, -0.05) is 26.0 Å². The van der Waals surface area contributed by atoms with Crippen LogP contribution in [0.1, 0.15) is 38.7 Å². The fourth-order valence-electron chi connectivity index (χ4n) is 2.81. The van der Waals surface area contributed by atoms with E-state index in [1.165, 1.54) is 4.90 Å². The molecule has 2 N–H and O–H groups in total. The van der Waals surface area contributed by atoms with Crippen LogP contribution in [0, 0.1) is 5.41 Å². The van der Waals surface area contributed by atoms with Crippen LogP contribution in [0.25, 0.3) is 0 Å². The Morgan fingerprint density at radius 3 is 2.25 bits per heavy atom. The largest absolute Gasteiger partial charge is 0.399 e. The van der Waals surface area contributed by atoms with E-state index in [4.69, 9.17) is 5.73 Å². The Hall–Kier alpha value is -1.84. The lowest BCUT2D eigenvalue weighted by Gasteiger charge is -2.23. The van der Waals surface area contributed by atoms with Gasteiger partial charge in [0.2, 0.25) is 11.8 Å². The molecule has 1 fully saturated rings. The van der Waals surface area contributed by atoms with Gasteiger partial charge in [0.15, 0.2) is 0 Å². The van der Waals surface area contributed by atoms with Crippen molar-refractivity contribution in [2.75, 3.05) is 12.3 Å². The zero-order valence-corrected chi connectivity index (χ0v) is 12.2. The first kappa shape index (κ1) is 14.6. The van der Waals surface area contributed by atoms with E-state index in [2.05, 4.69) is 0 Å². The van der Waals surface area contributed by atoms with Crippen molar-refractivity contribution in [1.82, 2.24) is 4.90 Å². The summed E-state index contributed by atoms with van der Waals surface area (Å²) in [6.07, 6.45) is 2.50. The molecule has 1 aromatic carbocycles. The van der Waals surface area contributed by atoms with Crippen LogP contribution in [0.15, 0.2) is 24.3 Å². The Balaban J connectivity index is 2.04. The van der Waals surface area contributed by atoms with Crippen molar-refractivity contribution in [3.05, 3.63) is 29.8 Å². The molecular formula is C16H22N2O2. The first-order chi connectivity index (χ1) is 9.52. The zero-order chi connectivity index (χ0) is 14.8. The molecule has 1 aliphatic heterocycles. The maximum absolute atomic E-state index is 12.5. The number of carbonyl (C=O) groups is 2. The third kappa shape index (κ3) is 2.55. The molecule has 1 saturated heterocycles. The summed E-state index contributed by atoms with van der Waals surface area (Å²) in [6.45, 7) is 4.43. The molecule has 1 aliphatic rings. The molecule has 1 aromatic rings. The SMILES string of the molecule is CCC1(CC)CC(=O)N(CCc2ccc(N)cc2)C1=O. The summed E-state index contributed by atoms with van der Waals surface area (Å²) in [5.41, 5.74) is 6.99. The molecule has 0 unspecified atom stereocenters. The quantitative estimate of drug-likeness (QED) is 0.662. The van der Waals surface area contributed by atoms with E-state index in [0.29, 0.717) is 19.4 Å². The number of nitrogens with two attached hydrogens (primary N) is 1. The zero-order valence-electron chi connectivity index (χ0n) is 12.2. The van der Waals surface area contributed by atoms with E-state index in [1.807, 2.05) is 38.1 Å². The molecule has 0 saturated carbocycles. The third-order valence-corrected chi connectivity index (χ3v) is 4.45. The number of nitrogens with zero attached hydrogens (tertiary/aromatic N) is 1. The Kier molecular flexibility index (Phi) is 4.12. The molecule has 0 aliphatic carbocycles. The standard InChI is InChI=1S/C16H22N2O2/c1-3-16(4-2)11-14(19)18(15(16)20)10-9-12-5-7-13(17)8-6-12/h5-8H,3-4,9-11,17H2,1-2H3. The third-order valence-electron chi connectivity index (χ3n) is 4.45. The van der Waals surface area contributed by atoms with Crippen LogP contribution in [0.4, 0.5) is 5.69 Å². The fraction of sp³-hybridized carbons (Fsp3) is 0.500. The summed E-state index contributed by atoms with van der Waals surface area (Å²) in [7, 11) is 0. The van der Waals surface area contributed by atoms with E-state index in [1.54, 1.807) is 0 Å². The van der Waals surface area contributed by atoms with Gasteiger partial charge in [0, 0.05) is 18.7 Å². The topological polar surface area (TPSA) is 63.4 Å². The highest BCUT2D eigenvalue weighted by Gasteiger charge is 2.48. The molecule has 4 heteroatoms. The first-order valence-electron chi connectivity index (χ1n) is 7.21. The highest BCUT2D eigenvalue weighted by molar-refractivity contribution is 6.05. The van der Waals surface area contributed by atoms with E-state index >= 15 is 0 Å². The lowest BCUT2D eigenvalue weighted by atomic mass is 9.81. The molecular weight excluding hydrogens is 252 g/mol. The van der Waals surface area contributed by atoms with Crippen LogP contribution < -0.4 is 5.73 Å². The molecule has 0 atom stereocenters. The number of hydrogen-bond acceptors (Lipinski definition) is 3. The van der Waals surface area contributed by atoms with E-state index < -0.39 is 5.41 Å². The number of nitrogen functional groups attached to an aromatic ring is 1. The van der Waals surface area contributed by atoms with E-state index in [0.717, 1.165) is 24.1 Å². The van der Waals surface area contributed by atoms with Crippen LogP contribution in [0.5, 0.6) is 0 Å². The van der Waals surface area contributed by atoms with Crippen molar-refractivity contribution in [2.45, 2.75) is 39.5 Å². The van der Waals surface area contributed by atoms with Gasteiger partial charge in [0.1, 0.15) is 0 Å². The summed E-state index contributed by atoms with van der Waals surface area (Å²) in [4.78, 5) is 26.0. The van der Waals surface area contributed by atoms with Gasteiger partial charge in [-0.3, -0.25) is 14.5 Å². The van der Waals surface area contributed by atoms with Gasteiger partial charge in [0.05, 0.1) is 5.41 Å².